The van der Waals surface area contributed by atoms with E-state index >= 15 is 0 Å². The fourth-order valence-electron chi connectivity index (χ4n) is 1.69. The largest absolute Gasteiger partial charge is 0.477 e. The van der Waals surface area contributed by atoms with Gasteiger partial charge in [-0.2, -0.15) is 5.10 Å². The van der Waals surface area contributed by atoms with E-state index in [0.29, 0.717) is 6.54 Å². The second-order valence-corrected chi connectivity index (χ2v) is 3.82. The van der Waals surface area contributed by atoms with Crippen molar-refractivity contribution in [2.75, 3.05) is 0 Å². The van der Waals surface area contributed by atoms with E-state index in [4.69, 9.17) is 5.11 Å². The molecule has 0 radical (unpaired) electrons. The maximum absolute atomic E-state index is 11.1. The summed E-state index contributed by atoms with van der Waals surface area (Å²) in [4.78, 5) is 11.1. The number of carboxylic acids is 1. The van der Waals surface area contributed by atoms with Gasteiger partial charge < -0.3 is 5.11 Å². The summed E-state index contributed by atoms with van der Waals surface area (Å²) in [6, 6.07) is 11.3. The summed E-state index contributed by atoms with van der Waals surface area (Å²) in [6.45, 7) is 2.45. The quantitative estimate of drug-likeness (QED) is 0.876. The molecule has 0 saturated carbocycles. The van der Waals surface area contributed by atoms with Crippen LogP contribution in [0.1, 0.15) is 28.7 Å². The summed E-state index contributed by atoms with van der Waals surface area (Å²) in [5, 5.41) is 13.4. The topological polar surface area (TPSA) is 55.1 Å². The van der Waals surface area contributed by atoms with Crippen molar-refractivity contribution in [3.8, 4) is 0 Å². The molecular formula is C13H14N2O2. The van der Waals surface area contributed by atoms with Crippen molar-refractivity contribution >= 4 is 5.97 Å². The summed E-state index contributed by atoms with van der Waals surface area (Å²) in [5.41, 5.74) is 2.09. The lowest BCUT2D eigenvalue weighted by molar-refractivity contribution is 0.0684. The highest BCUT2D eigenvalue weighted by molar-refractivity contribution is 5.85. The number of aromatic carboxylic acids is 1. The molecule has 2 rings (SSSR count). The maximum atomic E-state index is 11.1. The highest BCUT2D eigenvalue weighted by Gasteiger charge is 2.13. The Bertz CT molecular complexity index is 517. The standard InChI is InChI=1S/C13H14N2O2/c1-2-11-8-12(13(16)17)15(14-11)9-10-6-4-3-5-7-10/h3-8H,2,9H2,1H3,(H,16,17). The Labute approximate surface area is 99.5 Å². The highest BCUT2D eigenvalue weighted by Crippen LogP contribution is 2.09. The minimum absolute atomic E-state index is 0.241. The lowest BCUT2D eigenvalue weighted by Gasteiger charge is -2.04. The van der Waals surface area contributed by atoms with Crippen LogP contribution in [0.2, 0.25) is 0 Å². The van der Waals surface area contributed by atoms with E-state index in [0.717, 1.165) is 17.7 Å². The first-order valence-electron chi connectivity index (χ1n) is 5.54. The van der Waals surface area contributed by atoms with Crippen LogP contribution >= 0.6 is 0 Å². The van der Waals surface area contributed by atoms with Crippen LogP contribution in [0.3, 0.4) is 0 Å². The molecule has 0 amide bonds. The molecular weight excluding hydrogens is 216 g/mol. The summed E-state index contributed by atoms with van der Waals surface area (Å²) in [6.07, 6.45) is 0.738. The van der Waals surface area contributed by atoms with Crippen molar-refractivity contribution < 1.29 is 9.90 Å². The second-order valence-electron chi connectivity index (χ2n) is 3.82. The van der Waals surface area contributed by atoms with Gasteiger partial charge in [-0.3, -0.25) is 4.68 Å². The number of rotatable bonds is 4. The predicted octanol–water partition coefficient (Wildman–Crippen LogP) is 2.19. The number of hydrogen-bond donors (Lipinski definition) is 1. The van der Waals surface area contributed by atoms with Crippen LogP contribution < -0.4 is 0 Å². The van der Waals surface area contributed by atoms with Gasteiger partial charge in [-0.15, -0.1) is 0 Å². The molecule has 88 valence electrons. The Morgan fingerprint density at radius 3 is 2.65 bits per heavy atom. The first-order valence-corrected chi connectivity index (χ1v) is 5.54. The van der Waals surface area contributed by atoms with Crippen LogP contribution in [-0.4, -0.2) is 20.9 Å². The first-order chi connectivity index (χ1) is 8.20. The fraction of sp³-hybridized carbons (Fsp3) is 0.231. The van der Waals surface area contributed by atoms with Crippen molar-refractivity contribution in [1.29, 1.82) is 0 Å². The Morgan fingerprint density at radius 1 is 1.35 bits per heavy atom. The van der Waals surface area contributed by atoms with Gasteiger partial charge in [0.2, 0.25) is 0 Å². The molecule has 1 aromatic heterocycles. The van der Waals surface area contributed by atoms with Crippen molar-refractivity contribution in [3.63, 3.8) is 0 Å². The van der Waals surface area contributed by atoms with Crippen molar-refractivity contribution in [2.45, 2.75) is 19.9 Å². The molecule has 0 saturated heterocycles. The van der Waals surface area contributed by atoms with Gasteiger partial charge in [0, 0.05) is 0 Å². The average molecular weight is 230 g/mol. The van der Waals surface area contributed by atoms with E-state index in [-0.39, 0.29) is 5.69 Å². The SMILES string of the molecule is CCc1cc(C(=O)O)n(Cc2ccccc2)n1. The van der Waals surface area contributed by atoms with E-state index in [1.165, 1.54) is 4.68 Å². The molecule has 4 nitrogen and oxygen atoms in total. The number of hydrogen-bond acceptors (Lipinski definition) is 2. The van der Waals surface area contributed by atoms with Crippen LogP contribution in [0.15, 0.2) is 36.4 Å². The van der Waals surface area contributed by atoms with Gasteiger partial charge in [0.1, 0.15) is 5.69 Å². The number of carbonyl (C=O) groups is 1. The van der Waals surface area contributed by atoms with E-state index in [2.05, 4.69) is 5.10 Å². The van der Waals surface area contributed by atoms with Crippen LogP contribution in [0.4, 0.5) is 0 Å². The fourth-order valence-corrected chi connectivity index (χ4v) is 1.69. The Balaban J connectivity index is 2.31. The number of carboxylic acid groups (broad SMARTS) is 1. The minimum atomic E-state index is -0.937. The smallest absolute Gasteiger partial charge is 0.354 e. The van der Waals surface area contributed by atoms with Gasteiger partial charge in [0.25, 0.3) is 0 Å². The van der Waals surface area contributed by atoms with Crippen molar-refractivity contribution in [1.82, 2.24) is 9.78 Å². The molecule has 4 heteroatoms. The molecule has 0 spiro atoms. The van der Waals surface area contributed by atoms with Gasteiger partial charge in [-0.05, 0) is 18.1 Å². The molecule has 0 aliphatic carbocycles. The third-order valence-electron chi connectivity index (χ3n) is 2.59. The summed E-state index contributed by atoms with van der Waals surface area (Å²) in [5.74, 6) is -0.937. The van der Waals surface area contributed by atoms with Crippen molar-refractivity contribution in [2.24, 2.45) is 0 Å². The summed E-state index contributed by atoms with van der Waals surface area (Å²) < 4.78 is 1.54. The molecule has 17 heavy (non-hydrogen) atoms. The van der Waals surface area contributed by atoms with Crippen LogP contribution in [0, 0.1) is 0 Å². The molecule has 0 unspecified atom stereocenters. The predicted molar refractivity (Wildman–Crippen MR) is 64.1 cm³/mol. The zero-order chi connectivity index (χ0) is 12.3. The van der Waals surface area contributed by atoms with E-state index < -0.39 is 5.97 Å². The molecule has 0 fully saturated rings. The van der Waals surface area contributed by atoms with Gasteiger partial charge in [0.05, 0.1) is 12.2 Å². The Morgan fingerprint density at radius 2 is 2.06 bits per heavy atom. The molecule has 1 aromatic carbocycles. The molecule has 0 aliphatic rings. The molecule has 1 heterocycles. The number of aryl methyl sites for hydroxylation is 1. The van der Waals surface area contributed by atoms with Gasteiger partial charge >= 0.3 is 5.97 Å². The normalized spacial score (nSPS) is 10.4. The van der Waals surface area contributed by atoms with Gasteiger partial charge in [-0.1, -0.05) is 37.3 Å². The van der Waals surface area contributed by atoms with Gasteiger partial charge in [0.15, 0.2) is 0 Å². The Kier molecular flexibility index (Phi) is 3.23. The molecule has 0 atom stereocenters. The highest BCUT2D eigenvalue weighted by atomic mass is 16.4. The second kappa shape index (κ2) is 4.82. The van der Waals surface area contributed by atoms with Crippen LogP contribution in [0.25, 0.3) is 0 Å². The summed E-state index contributed by atoms with van der Waals surface area (Å²) in [7, 11) is 0. The number of aromatic nitrogens is 2. The molecule has 2 aromatic rings. The van der Waals surface area contributed by atoms with E-state index in [1.807, 2.05) is 37.3 Å². The van der Waals surface area contributed by atoms with Crippen molar-refractivity contribution in [3.05, 3.63) is 53.3 Å². The molecule has 1 N–H and O–H groups in total. The lowest BCUT2D eigenvalue weighted by Crippen LogP contribution is -2.10. The zero-order valence-corrected chi connectivity index (χ0v) is 9.63. The molecule has 0 bridgehead atoms. The summed E-state index contributed by atoms with van der Waals surface area (Å²) >= 11 is 0. The monoisotopic (exact) mass is 230 g/mol. The Hall–Kier alpha value is -2.10. The lowest BCUT2D eigenvalue weighted by atomic mass is 10.2. The number of benzene rings is 1. The third-order valence-corrected chi connectivity index (χ3v) is 2.59. The molecule has 0 aliphatic heterocycles. The van der Waals surface area contributed by atoms with Crippen LogP contribution in [0.5, 0.6) is 0 Å². The van der Waals surface area contributed by atoms with E-state index in [1.54, 1.807) is 6.07 Å². The zero-order valence-electron chi connectivity index (χ0n) is 9.63. The average Bonchev–Trinajstić information content (AvgIpc) is 2.74. The van der Waals surface area contributed by atoms with Gasteiger partial charge in [-0.25, -0.2) is 4.79 Å². The minimum Gasteiger partial charge on any atom is -0.477 e. The number of nitrogens with zero attached hydrogens (tertiary/aromatic N) is 2. The van der Waals surface area contributed by atoms with E-state index in [9.17, 15) is 4.79 Å². The third kappa shape index (κ3) is 2.53. The maximum Gasteiger partial charge on any atom is 0.354 e. The van der Waals surface area contributed by atoms with Crippen LogP contribution in [-0.2, 0) is 13.0 Å². The first kappa shape index (κ1) is 11.4.